The molecule has 0 unspecified atom stereocenters. The van der Waals surface area contributed by atoms with Crippen molar-refractivity contribution in [2.75, 3.05) is 22.8 Å². The minimum absolute atomic E-state index is 0.00706. The number of hydrogen-bond acceptors (Lipinski definition) is 6. The van der Waals surface area contributed by atoms with Gasteiger partial charge in [-0.1, -0.05) is 6.07 Å². The number of benzene rings is 2. The molecule has 2 rings (SSSR count). The molecule has 0 aliphatic heterocycles. The fourth-order valence-corrected chi connectivity index (χ4v) is 2.94. The summed E-state index contributed by atoms with van der Waals surface area (Å²) in [4.78, 5) is 11.6. The maximum absolute atomic E-state index is 12.3. The van der Waals surface area contributed by atoms with E-state index in [0.29, 0.717) is 0 Å². The average molecular weight is 335 g/mol. The molecular formula is C15H17N3O4S. The Bertz CT molecular complexity index is 817. The smallest absolute Gasteiger partial charge is 0.338 e. The van der Waals surface area contributed by atoms with Gasteiger partial charge in [-0.05, 0) is 43.3 Å². The molecule has 0 aliphatic rings. The molecule has 2 aromatic rings. The summed E-state index contributed by atoms with van der Waals surface area (Å²) in [6, 6.07) is 10.1. The Hall–Kier alpha value is -2.74. The summed E-state index contributed by atoms with van der Waals surface area (Å²) in [5, 5.41) is 0. The molecular weight excluding hydrogens is 318 g/mol. The van der Waals surface area contributed by atoms with Crippen LogP contribution >= 0.6 is 0 Å². The number of nitrogens with two attached hydrogens (primary N) is 2. The highest BCUT2D eigenvalue weighted by molar-refractivity contribution is 7.92. The Morgan fingerprint density at radius 1 is 1.13 bits per heavy atom. The van der Waals surface area contributed by atoms with Gasteiger partial charge >= 0.3 is 5.97 Å². The Kier molecular flexibility index (Phi) is 4.75. The normalized spacial score (nSPS) is 11.0. The number of esters is 1. The van der Waals surface area contributed by atoms with Crippen LogP contribution < -0.4 is 16.2 Å². The lowest BCUT2D eigenvalue weighted by Gasteiger charge is -2.12. The first-order chi connectivity index (χ1) is 10.8. The lowest BCUT2D eigenvalue weighted by Crippen LogP contribution is -2.15. The highest BCUT2D eigenvalue weighted by Gasteiger charge is 2.17. The van der Waals surface area contributed by atoms with Gasteiger partial charge < -0.3 is 16.2 Å². The summed E-state index contributed by atoms with van der Waals surface area (Å²) in [7, 11) is -3.85. The minimum atomic E-state index is -3.85. The Balaban J connectivity index is 2.26. The number of nitrogen functional groups attached to an aromatic ring is 2. The van der Waals surface area contributed by atoms with Gasteiger partial charge in [0, 0.05) is 0 Å². The van der Waals surface area contributed by atoms with Gasteiger partial charge in [-0.15, -0.1) is 0 Å². The second kappa shape index (κ2) is 6.57. The molecule has 7 nitrogen and oxygen atoms in total. The number of rotatable bonds is 5. The van der Waals surface area contributed by atoms with Gasteiger partial charge in [0.05, 0.1) is 34.1 Å². The Morgan fingerprint density at radius 2 is 1.78 bits per heavy atom. The van der Waals surface area contributed by atoms with Crippen LogP contribution in [-0.4, -0.2) is 21.0 Å². The van der Waals surface area contributed by atoms with Crippen LogP contribution in [0.3, 0.4) is 0 Å². The molecule has 23 heavy (non-hydrogen) atoms. The average Bonchev–Trinajstić information content (AvgIpc) is 2.52. The van der Waals surface area contributed by atoms with Crippen LogP contribution in [-0.2, 0) is 14.8 Å². The number of sulfonamides is 1. The molecule has 0 fully saturated rings. The topological polar surface area (TPSA) is 125 Å². The molecule has 0 saturated carbocycles. The summed E-state index contributed by atoms with van der Waals surface area (Å²) >= 11 is 0. The molecule has 5 N–H and O–H groups in total. The first kappa shape index (κ1) is 16.6. The quantitative estimate of drug-likeness (QED) is 0.565. The zero-order valence-corrected chi connectivity index (χ0v) is 13.3. The van der Waals surface area contributed by atoms with Crippen molar-refractivity contribution in [3.63, 3.8) is 0 Å². The summed E-state index contributed by atoms with van der Waals surface area (Å²) < 4.78 is 31.9. The maximum atomic E-state index is 12.3. The van der Waals surface area contributed by atoms with E-state index in [1.165, 1.54) is 30.3 Å². The zero-order valence-electron chi connectivity index (χ0n) is 12.4. The van der Waals surface area contributed by atoms with Crippen molar-refractivity contribution in [1.82, 2.24) is 0 Å². The third-order valence-corrected chi connectivity index (χ3v) is 4.44. The predicted molar refractivity (Wildman–Crippen MR) is 88.5 cm³/mol. The lowest BCUT2D eigenvalue weighted by atomic mass is 10.2. The maximum Gasteiger partial charge on any atom is 0.338 e. The third-order valence-electron chi connectivity index (χ3n) is 3.06. The number of carbonyl (C=O) groups is 1. The molecule has 0 heterocycles. The van der Waals surface area contributed by atoms with E-state index in [9.17, 15) is 13.2 Å². The van der Waals surface area contributed by atoms with E-state index >= 15 is 0 Å². The highest BCUT2D eigenvalue weighted by atomic mass is 32.2. The molecule has 0 spiro atoms. The zero-order chi connectivity index (χ0) is 17.0. The van der Waals surface area contributed by atoms with Crippen LogP contribution in [0.25, 0.3) is 0 Å². The van der Waals surface area contributed by atoms with E-state index in [4.69, 9.17) is 16.2 Å². The molecule has 0 bridgehead atoms. The van der Waals surface area contributed by atoms with Crippen LogP contribution in [0.2, 0.25) is 0 Å². The van der Waals surface area contributed by atoms with Gasteiger partial charge in [-0.25, -0.2) is 13.2 Å². The van der Waals surface area contributed by atoms with Crippen LogP contribution in [0.5, 0.6) is 0 Å². The summed E-state index contributed by atoms with van der Waals surface area (Å²) in [5.41, 5.74) is 12.3. The van der Waals surface area contributed by atoms with Gasteiger partial charge in [0.25, 0.3) is 10.0 Å². The van der Waals surface area contributed by atoms with E-state index in [1.807, 2.05) is 0 Å². The summed E-state index contributed by atoms with van der Waals surface area (Å²) in [6.45, 7) is 1.94. The SMILES string of the molecule is CCOC(=O)c1ccc(S(=O)(=O)Nc2cccc(N)c2N)cc1. The fourth-order valence-electron chi connectivity index (χ4n) is 1.86. The third kappa shape index (κ3) is 3.72. The fraction of sp³-hybridized carbons (Fsp3) is 0.133. The largest absolute Gasteiger partial charge is 0.462 e. The number of nitrogens with one attached hydrogen (secondary N) is 1. The van der Waals surface area contributed by atoms with Gasteiger partial charge in [-0.2, -0.15) is 0 Å². The molecule has 0 saturated heterocycles. The lowest BCUT2D eigenvalue weighted by molar-refractivity contribution is 0.0526. The monoisotopic (exact) mass is 335 g/mol. The highest BCUT2D eigenvalue weighted by Crippen LogP contribution is 2.27. The molecule has 122 valence electrons. The first-order valence-corrected chi connectivity index (χ1v) is 8.27. The van der Waals surface area contributed by atoms with E-state index in [0.717, 1.165) is 0 Å². The Labute approximate surface area is 134 Å². The van der Waals surface area contributed by atoms with Crippen LogP contribution in [0.1, 0.15) is 17.3 Å². The van der Waals surface area contributed by atoms with Gasteiger partial charge in [-0.3, -0.25) is 4.72 Å². The van der Waals surface area contributed by atoms with Crippen LogP contribution in [0.15, 0.2) is 47.4 Å². The van der Waals surface area contributed by atoms with E-state index < -0.39 is 16.0 Å². The van der Waals surface area contributed by atoms with Crippen molar-refractivity contribution in [2.45, 2.75) is 11.8 Å². The van der Waals surface area contributed by atoms with Crippen molar-refractivity contribution >= 4 is 33.1 Å². The second-order valence-electron chi connectivity index (χ2n) is 4.66. The van der Waals surface area contributed by atoms with E-state index in [2.05, 4.69) is 4.72 Å². The molecule has 0 amide bonds. The van der Waals surface area contributed by atoms with E-state index in [-0.39, 0.29) is 34.1 Å². The first-order valence-electron chi connectivity index (χ1n) is 6.79. The molecule has 0 aliphatic carbocycles. The van der Waals surface area contributed by atoms with E-state index in [1.54, 1.807) is 19.1 Å². The predicted octanol–water partition coefficient (Wildman–Crippen LogP) is 1.83. The summed E-state index contributed by atoms with van der Waals surface area (Å²) in [6.07, 6.45) is 0. The Morgan fingerprint density at radius 3 is 2.39 bits per heavy atom. The molecule has 8 heteroatoms. The van der Waals surface area contributed by atoms with Crippen molar-refractivity contribution in [3.05, 3.63) is 48.0 Å². The van der Waals surface area contributed by atoms with Gasteiger partial charge in [0.2, 0.25) is 0 Å². The number of hydrogen-bond donors (Lipinski definition) is 3. The number of ether oxygens (including phenoxy) is 1. The molecule has 0 radical (unpaired) electrons. The van der Waals surface area contributed by atoms with Crippen LogP contribution in [0.4, 0.5) is 17.1 Å². The standard InChI is InChI=1S/C15H17N3O4S/c1-2-22-15(19)10-6-8-11(9-7-10)23(20,21)18-13-5-3-4-12(16)14(13)17/h3-9,18H,2,16-17H2,1H3. The second-order valence-corrected chi connectivity index (χ2v) is 6.34. The number of carbonyl (C=O) groups excluding carboxylic acids is 1. The summed E-state index contributed by atoms with van der Waals surface area (Å²) in [5.74, 6) is -0.510. The van der Waals surface area contributed by atoms with Gasteiger partial charge in [0.15, 0.2) is 0 Å². The van der Waals surface area contributed by atoms with Crippen molar-refractivity contribution in [1.29, 1.82) is 0 Å². The van der Waals surface area contributed by atoms with Crippen molar-refractivity contribution in [3.8, 4) is 0 Å². The molecule has 2 aromatic carbocycles. The van der Waals surface area contributed by atoms with Crippen molar-refractivity contribution in [2.24, 2.45) is 0 Å². The molecule has 0 atom stereocenters. The van der Waals surface area contributed by atoms with Crippen molar-refractivity contribution < 1.29 is 17.9 Å². The van der Waals surface area contributed by atoms with Crippen LogP contribution in [0, 0.1) is 0 Å². The molecule has 0 aromatic heterocycles. The minimum Gasteiger partial charge on any atom is -0.462 e. The van der Waals surface area contributed by atoms with Gasteiger partial charge in [0.1, 0.15) is 0 Å². The number of anilines is 3. The number of para-hydroxylation sites is 1.